The van der Waals surface area contributed by atoms with Crippen molar-refractivity contribution in [3.05, 3.63) is 58.3 Å². The molecule has 0 aliphatic heterocycles. The molecule has 2 aromatic heterocycles. The predicted molar refractivity (Wildman–Crippen MR) is 104 cm³/mol. The van der Waals surface area contributed by atoms with Gasteiger partial charge in [-0.3, -0.25) is 4.79 Å². The molecule has 28 heavy (non-hydrogen) atoms. The number of pyridine rings is 2. The molecule has 2 heterocycles. The summed E-state index contributed by atoms with van der Waals surface area (Å²) in [4.78, 5) is 19.0. The lowest BCUT2D eigenvalue weighted by molar-refractivity contribution is 0.386. The van der Waals surface area contributed by atoms with E-state index in [1.165, 1.54) is 23.8 Å². The van der Waals surface area contributed by atoms with Gasteiger partial charge in [0.1, 0.15) is 17.3 Å². The maximum Gasteiger partial charge on any atom is 0.252 e. The van der Waals surface area contributed by atoms with Crippen LogP contribution in [0, 0.1) is 23.1 Å². The van der Waals surface area contributed by atoms with Crippen LogP contribution in [0.2, 0.25) is 0 Å². The zero-order valence-electron chi connectivity index (χ0n) is 15.6. The van der Waals surface area contributed by atoms with E-state index < -0.39 is 5.82 Å². The lowest BCUT2D eigenvalue weighted by atomic mass is 10.1. The highest BCUT2D eigenvalue weighted by atomic mass is 19.1. The van der Waals surface area contributed by atoms with E-state index in [-0.39, 0.29) is 17.0 Å². The third-order valence-electron chi connectivity index (χ3n) is 5.06. The summed E-state index contributed by atoms with van der Waals surface area (Å²) in [6, 6.07) is 11.5. The van der Waals surface area contributed by atoms with Gasteiger partial charge in [-0.05, 0) is 43.0 Å². The Morgan fingerprint density at radius 2 is 2.11 bits per heavy atom. The second kappa shape index (κ2) is 6.97. The second-order valence-electron chi connectivity index (χ2n) is 6.98. The van der Waals surface area contributed by atoms with Crippen LogP contribution in [0.4, 0.5) is 15.8 Å². The lowest BCUT2D eigenvalue weighted by Gasteiger charge is -2.26. The number of ether oxygens (including phenoxy) is 1. The number of aryl methyl sites for hydroxylation is 1. The van der Waals surface area contributed by atoms with Gasteiger partial charge in [0, 0.05) is 31.4 Å². The first kappa shape index (κ1) is 18.0. The summed E-state index contributed by atoms with van der Waals surface area (Å²) < 4.78 is 20.6. The van der Waals surface area contributed by atoms with Crippen LogP contribution in [-0.2, 0) is 7.05 Å². The van der Waals surface area contributed by atoms with Crippen molar-refractivity contribution in [2.75, 3.05) is 18.6 Å². The highest BCUT2D eigenvalue weighted by molar-refractivity contribution is 5.91. The van der Waals surface area contributed by atoms with Gasteiger partial charge in [0.05, 0.1) is 18.3 Å². The zero-order chi connectivity index (χ0) is 19.8. The van der Waals surface area contributed by atoms with Gasteiger partial charge in [-0.15, -0.1) is 0 Å². The van der Waals surface area contributed by atoms with Gasteiger partial charge in [0.15, 0.2) is 11.6 Å². The molecule has 0 amide bonds. The second-order valence-corrected chi connectivity index (χ2v) is 6.98. The zero-order valence-corrected chi connectivity index (χ0v) is 15.6. The fraction of sp³-hybridized carbons (Fsp3) is 0.286. The highest BCUT2D eigenvalue weighted by Gasteiger charge is 2.27. The van der Waals surface area contributed by atoms with Gasteiger partial charge >= 0.3 is 0 Å². The van der Waals surface area contributed by atoms with E-state index >= 15 is 0 Å². The van der Waals surface area contributed by atoms with E-state index in [9.17, 15) is 14.4 Å². The van der Waals surface area contributed by atoms with Crippen molar-refractivity contribution in [1.29, 1.82) is 5.26 Å². The summed E-state index contributed by atoms with van der Waals surface area (Å²) >= 11 is 0. The van der Waals surface area contributed by atoms with Crippen LogP contribution < -0.4 is 15.2 Å². The number of hydrogen-bond donors (Lipinski definition) is 0. The molecule has 0 bridgehead atoms. The van der Waals surface area contributed by atoms with E-state index in [0.29, 0.717) is 34.9 Å². The fourth-order valence-electron chi connectivity index (χ4n) is 3.30. The molecule has 0 N–H and O–H groups in total. The topological polar surface area (TPSA) is 71.2 Å². The van der Waals surface area contributed by atoms with E-state index in [1.807, 2.05) is 4.90 Å². The third kappa shape index (κ3) is 3.18. The van der Waals surface area contributed by atoms with Crippen molar-refractivity contribution in [1.82, 2.24) is 9.55 Å². The van der Waals surface area contributed by atoms with Gasteiger partial charge < -0.3 is 14.2 Å². The maximum absolute atomic E-state index is 13.9. The molecule has 1 aliphatic carbocycles. The average Bonchev–Trinajstić information content (AvgIpc) is 3.53. The van der Waals surface area contributed by atoms with Crippen LogP contribution in [-0.4, -0.2) is 23.2 Å². The van der Waals surface area contributed by atoms with Crippen molar-refractivity contribution in [2.45, 2.75) is 12.8 Å². The number of nitriles is 1. The van der Waals surface area contributed by atoms with Gasteiger partial charge in [-0.25, -0.2) is 9.37 Å². The highest BCUT2D eigenvalue weighted by Crippen LogP contribution is 2.38. The maximum atomic E-state index is 13.9. The Kier molecular flexibility index (Phi) is 4.47. The molecule has 1 aromatic carbocycles. The Hall–Kier alpha value is -3.40. The fourth-order valence-corrected chi connectivity index (χ4v) is 3.30. The van der Waals surface area contributed by atoms with E-state index in [1.54, 1.807) is 31.3 Å². The molecular weight excluding hydrogens is 359 g/mol. The van der Waals surface area contributed by atoms with Crippen molar-refractivity contribution in [3.8, 4) is 11.8 Å². The molecule has 4 rings (SSSR count). The molecule has 0 atom stereocenters. The van der Waals surface area contributed by atoms with Gasteiger partial charge in [0.2, 0.25) is 0 Å². The van der Waals surface area contributed by atoms with Crippen molar-refractivity contribution in [3.63, 3.8) is 0 Å². The van der Waals surface area contributed by atoms with E-state index in [2.05, 4.69) is 11.1 Å². The number of anilines is 2. The van der Waals surface area contributed by atoms with E-state index in [4.69, 9.17) is 4.74 Å². The smallest absolute Gasteiger partial charge is 0.252 e. The van der Waals surface area contributed by atoms with Crippen LogP contribution >= 0.6 is 0 Å². The summed E-state index contributed by atoms with van der Waals surface area (Å²) in [5.74, 6) is 0.183. The molecule has 0 saturated heterocycles. The Bertz CT molecular complexity index is 1160. The number of methoxy groups -OCH3 is 1. The van der Waals surface area contributed by atoms with Gasteiger partial charge in [-0.2, -0.15) is 5.26 Å². The number of hydrogen-bond acceptors (Lipinski definition) is 5. The molecule has 6 nitrogen and oxygen atoms in total. The first-order valence-corrected chi connectivity index (χ1v) is 9.03. The number of halogens is 1. The Morgan fingerprint density at radius 1 is 1.32 bits per heavy atom. The molecule has 0 radical (unpaired) electrons. The van der Waals surface area contributed by atoms with Gasteiger partial charge in [-0.1, -0.05) is 0 Å². The number of benzene rings is 1. The summed E-state index contributed by atoms with van der Waals surface area (Å²) in [5, 5.41) is 9.27. The minimum atomic E-state index is -0.448. The van der Waals surface area contributed by atoms with Crippen LogP contribution in [0.25, 0.3) is 11.0 Å². The normalized spacial score (nSPS) is 13.4. The largest absolute Gasteiger partial charge is 0.494 e. The molecule has 0 spiro atoms. The Labute approximate surface area is 161 Å². The lowest BCUT2D eigenvalue weighted by Crippen LogP contribution is -2.25. The Balaban J connectivity index is 1.96. The molecule has 1 aliphatic rings. The van der Waals surface area contributed by atoms with Crippen molar-refractivity contribution in [2.24, 2.45) is 13.0 Å². The Morgan fingerprint density at radius 3 is 2.79 bits per heavy atom. The minimum Gasteiger partial charge on any atom is -0.494 e. The van der Waals surface area contributed by atoms with E-state index in [0.717, 1.165) is 12.8 Å². The first-order chi connectivity index (χ1) is 13.5. The SMILES string of the molecule is COc1cc(N(CC2CC2)c2cc(=O)n(C)c3ccc(C#N)nc23)ccc1F. The van der Waals surface area contributed by atoms with Crippen LogP contribution in [0.15, 0.2) is 41.2 Å². The molecular formula is C21H19FN4O2. The molecule has 0 unspecified atom stereocenters. The number of rotatable bonds is 5. The molecule has 1 fully saturated rings. The quantitative estimate of drug-likeness (QED) is 0.680. The molecule has 142 valence electrons. The van der Waals surface area contributed by atoms with Crippen molar-refractivity contribution < 1.29 is 9.13 Å². The number of fused-ring (bicyclic) bond motifs is 1. The summed E-state index contributed by atoms with van der Waals surface area (Å²) in [6.45, 7) is 0.676. The average molecular weight is 378 g/mol. The third-order valence-corrected chi connectivity index (χ3v) is 5.06. The standard InChI is InChI=1S/C21H19FN4O2/c1-25-17-8-5-14(11-23)24-21(17)18(10-20(25)27)26(12-13-3-4-13)15-6-7-16(22)19(9-15)28-2/h5-10,13H,3-4,12H2,1-2H3. The monoisotopic (exact) mass is 378 g/mol. The molecule has 3 aromatic rings. The minimum absolute atomic E-state index is 0.136. The summed E-state index contributed by atoms with van der Waals surface area (Å²) in [6.07, 6.45) is 2.21. The molecule has 1 saturated carbocycles. The van der Waals surface area contributed by atoms with Crippen LogP contribution in [0.5, 0.6) is 5.75 Å². The summed E-state index contributed by atoms with van der Waals surface area (Å²) in [5.41, 5.74) is 2.61. The van der Waals surface area contributed by atoms with Crippen molar-refractivity contribution >= 4 is 22.4 Å². The number of aromatic nitrogens is 2. The van der Waals surface area contributed by atoms with Crippen LogP contribution in [0.3, 0.4) is 0 Å². The predicted octanol–water partition coefficient (Wildman–Crippen LogP) is 3.50. The summed E-state index contributed by atoms with van der Waals surface area (Å²) in [7, 11) is 3.09. The number of nitrogens with zero attached hydrogens (tertiary/aromatic N) is 4. The molecule has 7 heteroatoms. The van der Waals surface area contributed by atoms with Gasteiger partial charge in [0.25, 0.3) is 5.56 Å². The van der Waals surface area contributed by atoms with Crippen LogP contribution in [0.1, 0.15) is 18.5 Å². The first-order valence-electron chi connectivity index (χ1n) is 9.03.